The molecular formula is C30H26ClFN2O2. The van der Waals surface area contributed by atoms with E-state index >= 15 is 0 Å². The van der Waals surface area contributed by atoms with Crippen molar-refractivity contribution in [2.24, 2.45) is 0 Å². The van der Waals surface area contributed by atoms with Gasteiger partial charge in [0.1, 0.15) is 5.82 Å². The third kappa shape index (κ3) is 6.58. The summed E-state index contributed by atoms with van der Waals surface area (Å²) in [5, 5.41) is 3.55. The normalized spacial score (nSPS) is 11.5. The lowest BCUT2D eigenvalue weighted by Crippen LogP contribution is -2.30. The topological polar surface area (TPSA) is 49.4 Å². The number of carbonyl (C=O) groups is 2. The lowest BCUT2D eigenvalue weighted by molar-refractivity contribution is -0.121. The highest BCUT2D eigenvalue weighted by atomic mass is 35.5. The van der Waals surface area contributed by atoms with Crippen molar-refractivity contribution in [3.8, 4) is 0 Å². The van der Waals surface area contributed by atoms with Crippen LogP contribution in [0, 0.1) is 5.82 Å². The third-order valence-corrected chi connectivity index (χ3v) is 6.11. The molecule has 0 aliphatic heterocycles. The maximum absolute atomic E-state index is 13.8. The zero-order chi connectivity index (χ0) is 25.5. The second kappa shape index (κ2) is 11.6. The molecule has 1 unspecified atom stereocenters. The Labute approximate surface area is 215 Å². The number of hydrogen-bond acceptors (Lipinski definition) is 2. The van der Waals surface area contributed by atoms with Crippen molar-refractivity contribution in [1.29, 1.82) is 0 Å². The molecule has 182 valence electrons. The number of benzene rings is 4. The van der Waals surface area contributed by atoms with E-state index in [1.165, 1.54) is 12.1 Å². The van der Waals surface area contributed by atoms with Gasteiger partial charge in [-0.15, -0.1) is 0 Å². The summed E-state index contributed by atoms with van der Waals surface area (Å²) in [7, 11) is 0. The molecule has 36 heavy (non-hydrogen) atoms. The van der Waals surface area contributed by atoms with Crippen molar-refractivity contribution in [3.63, 3.8) is 0 Å². The Morgan fingerprint density at radius 3 is 2.22 bits per heavy atom. The standard InChI is InChI=1S/C30H26ClFN2O2/c1-21(24-7-3-2-4-8-24)33-29(35)19-22-10-16-28(17-11-22)34(20-23-6-5-9-27(32)18-23)30(36)25-12-14-26(31)15-13-25/h2-18,21H,19-20H2,1H3,(H,33,35). The molecule has 0 fully saturated rings. The highest BCUT2D eigenvalue weighted by molar-refractivity contribution is 6.30. The van der Waals surface area contributed by atoms with Gasteiger partial charge in [0.25, 0.3) is 5.91 Å². The number of carbonyl (C=O) groups excluding carboxylic acids is 2. The SMILES string of the molecule is CC(NC(=O)Cc1ccc(N(Cc2cccc(F)c2)C(=O)c2ccc(Cl)cc2)cc1)c1ccccc1. The highest BCUT2D eigenvalue weighted by Gasteiger charge is 2.19. The lowest BCUT2D eigenvalue weighted by Gasteiger charge is -2.24. The first-order valence-electron chi connectivity index (χ1n) is 11.6. The van der Waals surface area contributed by atoms with Crippen molar-refractivity contribution in [2.75, 3.05) is 4.90 Å². The molecule has 1 N–H and O–H groups in total. The van der Waals surface area contributed by atoms with Crippen LogP contribution < -0.4 is 10.2 Å². The quantitative estimate of drug-likeness (QED) is 0.291. The third-order valence-electron chi connectivity index (χ3n) is 5.86. The minimum atomic E-state index is -0.363. The molecule has 0 spiro atoms. The maximum atomic E-state index is 13.8. The van der Waals surface area contributed by atoms with E-state index in [4.69, 9.17) is 11.6 Å². The fourth-order valence-corrected chi connectivity index (χ4v) is 4.07. The monoisotopic (exact) mass is 500 g/mol. The number of nitrogens with zero attached hydrogens (tertiary/aromatic N) is 1. The summed E-state index contributed by atoms with van der Waals surface area (Å²) >= 11 is 5.99. The molecule has 0 bridgehead atoms. The van der Waals surface area contributed by atoms with E-state index in [1.54, 1.807) is 53.4 Å². The molecule has 0 heterocycles. The Kier molecular flexibility index (Phi) is 8.13. The van der Waals surface area contributed by atoms with E-state index in [-0.39, 0.29) is 36.6 Å². The van der Waals surface area contributed by atoms with Crippen LogP contribution in [0.25, 0.3) is 0 Å². The van der Waals surface area contributed by atoms with Gasteiger partial charge in [-0.25, -0.2) is 4.39 Å². The molecule has 4 aromatic rings. The Bertz CT molecular complexity index is 1330. The van der Waals surface area contributed by atoms with Gasteiger partial charge in [0.05, 0.1) is 19.0 Å². The summed E-state index contributed by atoms with van der Waals surface area (Å²) in [5.41, 5.74) is 3.63. The summed E-state index contributed by atoms with van der Waals surface area (Å²) in [4.78, 5) is 27.6. The predicted octanol–water partition coefficient (Wildman–Crippen LogP) is 6.75. The molecule has 0 aliphatic rings. The number of nitrogens with one attached hydrogen (secondary N) is 1. The summed E-state index contributed by atoms with van der Waals surface area (Å²) in [5.74, 6) is -0.691. The Morgan fingerprint density at radius 2 is 1.56 bits per heavy atom. The maximum Gasteiger partial charge on any atom is 0.258 e. The van der Waals surface area contributed by atoms with Gasteiger partial charge in [-0.3, -0.25) is 9.59 Å². The van der Waals surface area contributed by atoms with Crippen molar-refractivity contribution in [2.45, 2.75) is 25.9 Å². The van der Waals surface area contributed by atoms with Crippen molar-refractivity contribution in [1.82, 2.24) is 5.32 Å². The second-order valence-electron chi connectivity index (χ2n) is 8.57. The molecular weight excluding hydrogens is 475 g/mol. The molecule has 0 saturated heterocycles. The Morgan fingerprint density at radius 1 is 0.861 bits per heavy atom. The fourth-order valence-electron chi connectivity index (χ4n) is 3.94. The van der Waals surface area contributed by atoms with Gasteiger partial charge in [-0.05, 0) is 72.1 Å². The summed E-state index contributed by atoms with van der Waals surface area (Å²) in [6, 6.07) is 29.8. The minimum Gasteiger partial charge on any atom is -0.349 e. The van der Waals surface area contributed by atoms with Gasteiger partial charge in [0.15, 0.2) is 0 Å². The zero-order valence-corrected chi connectivity index (χ0v) is 20.6. The molecule has 0 aliphatic carbocycles. The summed E-state index contributed by atoms with van der Waals surface area (Å²) < 4.78 is 13.8. The predicted molar refractivity (Wildman–Crippen MR) is 142 cm³/mol. The first-order chi connectivity index (χ1) is 17.4. The summed E-state index contributed by atoms with van der Waals surface area (Å²) in [6.07, 6.45) is 0.215. The molecule has 4 nitrogen and oxygen atoms in total. The van der Waals surface area contributed by atoms with Gasteiger partial charge in [-0.2, -0.15) is 0 Å². The molecule has 6 heteroatoms. The zero-order valence-electron chi connectivity index (χ0n) is 19.8. The fraction of sp³-hybridized carbons (Fsp3) is 0.133. The molecule has 0 radical (unpaired) electrons. The molecule has 0 aromatic heterocycles. The molecule has 4 rings (SSSR count). The van der Waals surface area contributed by atoms with Gasteiger partial charge in [0.2, 0.25) is 5.91 Å². The van der Waals surface area contributed by atoms with Gasteiger partial charge >= 0.3 is 0 Å². The number of anilines is 1. The van der Waals surface area contributed by atoms with Crippen molar-refractivity contribution >= 4 is 29.1 Å². The van der Waals surface area contributed by atoms with Gasteiger partial charge in [-0.1, -0.05) is 66.2 Å². The minimum absolute atomic E-state index is 0.0899. The molecule has 2 amide bonds. The van der Waals surface area contributed by atoms with Crippen molar-refractivity contribution in [3.05, 3.63) is 136 Å². The van der Waals surface area contributed by atoms with Gasteiger partial charge < -0.3 is 10.2 Å². The first kappa shape index (κ1) is 25.1. The number of amides is 2. The van der Waals surface area contributed by atoms with Crippen LogP contribution in [0.15, 0.2) is 103 Å². The average molecular weight is 501 g/mol. The van der Waals surface area contributed by atoms with E-state index in [1.807, 2.05) is 49.4 Å². The van der Waals surface area contributed by atoms with Crippen LogP contribution in [0.1, 0.15) is 40.0 Å². The molecule has 1 atom stereocenters. The Balaban J connectivity index is 1.51. The van der Waals surface area contributed by atoms with E-state index < -0.39 is 0 Å². The van der Waals surface area contributed by atoms with E-state index in [2.05, 4.69) is 5.32 Å². The van der Waals surface area contributed by atoms with E-state index in [9.17, 15) is 14.0 Å². The second-order valence-corrected chi connectivity index (χ2v) is 9.01. The number of halogens is 2. The number of rotatable bonds is 8. The molecule has 0 saturated carbocycles. The van der Waals surface area contributed by atoms with Crippen LogP contribution in [0.4, 0.5) is 10.1 Å². The smallest absolute Gasteiger partial charge is 0.258 e. The lowest BCUT2D eigenvalue weighted by atomic mass is 10.1. The van der Waals surface area contributed by atoms with Crippen LogP contribution in [0.5, 0.6) is 0 Å². The molecule has 4 aromatic carbocycles. The number of hydrogen-bond donors (Lipinski definition) is 1. The van der Waals surface area contributed by atoms with E-state index in [0.717, 1.165) is 11.1 Å². The average Bonchev–Trinajstić information content (AvgIpc) is 2.88. The Hall–Kier alpha value is -3.96. The van der Waals surface area contributed by atoms with Crippen LogP contribution in [0.2, 0.25) is 5.02 Å². The first-order valence-corrected chi connectivity index (χ1v) is 12.0. The van der Waals surface area contributed by atoms with Crippen LogP contribution >= 0.6 is 11.6 Å². The van der Waals surface area contributed by atoms with Crippen LogP contribution in [-0.2, 0) is 17.8 Å². The van der Waals surface area contributed by atoms with E-state index in [0.29, 0.717) is 21.8 Å². The van der Waals surface area contributed by atoms with Gasteiger partial charge in [0, 0.05) is 16.3 Å². The van der Waals surface area contributed by atoms with Crippen LogP contribution in [0.3, 0.4) is 0 Å². The van der Waals surface area contributed by atoms with Crippen LogP contribution in [-0.4, -0.2) is 11.8 Å². The summed E-state index contributed by atoms with van der Waals surface area (Å²) in [6.45, 7) is 2.14. The highest BCUT2D eigenvalue weighted by Crippen LogP contribution is 2.23. The van der Waals surface area contributed by atoms with Crippen molar-refractivity contribution < 1.29 is 14.0 Å². The largest absolute Gasteiger partial charge is 0.349 e.